The fraction of sp³-hybridized carbons (Fsp3) is 0.571. The van der Waals surface area contributed by atoms with Crippen LogP contribution in [0.1, 0.15) is 24.0 Å². The zero-order chi connectivity index (χ0) is 6.69. The first-order chi connectivity index (χ1) is 4.33. The maximum atomic E-state index is 4.32. The van der Waals surface area contributed by atoms with Crippen LogP contribution in [0.3, 0.4) is 0 Å². The van der Waals surface area contributed by atoms with Crippen LogP contribution in [0.5, 0.6) is 0 Å². The minimum absolute atomic E-state index is 1.13. The van der Waals surface area contributed by atoms with E-state index in [2.05, 4.69) is 17.3 Å². The number of aromatic nitrogens is 1. The van der Waals surface area contributed by atoms with Gasteiger partial charge in [-0.25, -0.2) is 4.98 Å². The molecule has 9 heavy (non-hydrogen) atoms. The van der Waals surface area contributed by atoms with Crippen LogP contribution >= 0.6 is 11.3 Å². The van der Waals surface area contributed by atoms with Crippen LogP contribution in [0.4, 0.5) is 0 Å². The first-order valence-corrected chi connectivity index (χ1v) is 4.12. The summed E-state index contributed by atoms with van der Waals surface area (Å²) in [5, 5.41) is 3.32. The predicted octanol–water partition coefficient (Wildman–Crippen LogP) is 2.40. The van der Waals surface area contributed by atoms with Gasteiger partial charge in [0.2, 0.25) is 0 Å². The quantitative estimate of drug-likeness (QED) is 0.616. The van der Waals surface area contributed by atoms with Crippen molar-refractivity contribution >= 4 is 11.3 Å². The van der Waals surface area contributed by atoms with Gasteiger partial charge in [-0.15, -0.1) is 11.3 Å². The smallest absolute Gasteiger partial charge is 0.0897 e. The molecule has 0 spiro atoms. The predicted molar refractivity (Wildman–Crippen MR) is 40.8 cm³/mol. The first-order valence-electron chi connectivity index (χ1n) is 3.24. The molecule has 0 N–H and O–H groups in total. The molecule has 0 radical (unpaired) electrons. The molecule has 0 saturated heterocycles. The molecule has 0 unspecified atom stereocenters. The third kappa shape index (κ3) is 1.79. The van der Waals surface area contributed by atoms with Gasteiger partial charge in [0.15, 0.2) is 0 Å². The molecule has 1 aromatic heterocycles. The SMILES string of the molecule is CCCc1csc(C)n1. The monoisotopic (exact) mass is 141 g/mol. The van der Waals surface area contributed by atoms with E-state index in [4.69, 9.17) is 0 Å². The van der Waals surface area contributed by atoms with Gasteiger partial charge in [-0.3, -0.25) is 0 Å². The summed E-state index contributed by atoms with van der Waals surface area (Å²) in [5.74, 6) is 0. The van der Waals surface area contributed by atoms with Gasteiger partial charge in [0.05, 0.1) is 10.7 Å². The van der Waals surface area contributed by atoms with Crippen LogP contribution in [0.2, 0.25) is 0 Å². The average molecular weight is 141 g/mol. The largest absolute Gasteiger partial charge is 0.247 e. The van der Waals surface area contributed by atoms with Crippen molar-refractivity contribution in [2.24, 2.45) is 0 Å². The molecule has 0 saturated carbocycles. The Hall–Kier alpha value is -0.370. The Kier molecular flexibility index (Phi) is 2.22. The van der Waals surface area contributed by atoms with Crippen molar-refractivity contribution in [1.82, 2.24) is 4.98 Å². The molecule has 0 bridgehead atoms. The van der Waals surface area contributed by atoms with Crippen molar-refractivity contribution in [1.29, 1.82) is 0 Å². The standard InChI is InChI=1S/C7H11NS/c1-3-4-7-5-9-6(2)8-7/h5H,3-4H2,1-2H3. The molecule has 2 heteroatoms. The molecule has 0 aliphatic rings. The molecular weight excluding hydrogens is 130 g/mol. The number of hydrogen-bond donors (Lipinski definition) is 0. The Bertz CT molecular complexity index is 181. The molecule has 50 valence electrons. The van der Waals surface area contributed by atoms with Gasteiger partial charge in [-0.05, 0) is 13.3 Å². The van der Waals surface area contributed by atoms with Crippen molar-refractivity contribution in [2.45, 2.75) is 26.7 Å². The molecule has 0 atom stereocenters. The van der Waals surface area contributed by atoms with E-state index in [0.717, 1.165) is 6.42 Å². The summed E-state index contributed by atoms with van der Waals surface area (Å²) in [6, 6.07) is 0. The number of thiazole rings is 1. The molecule has 1 aromatic rings. The van der Waals surface area contributed by atoms with Gasteiger partial charge in [0.25, 0.3) is 0 Å². The highest BCUT2D eigenvalue weighted by atomic mass is 32.1. The highest BCUT2D eigenvalue weighted by Gasteiger charge is 1.93. The van der Waals surface area contributed by atoms with Gasteiger partial charge >= 0.3 is 0 Å². The highest BCUT2D eigenvalue weighted by molar-refractivity contribution is 7.09. The van der Waals surface area contributed by atoms with Crippen LogP contribution in [-0.2, 0) is 6.42 Å². The fourth-order valence-corrected chi connectivity index (χ4v) is 1.43. The molecule has 1 heterocycles. The van der Waals surface area contributed by atoms with E-state index in [1.165, 1.54) is 17.1 Å². The van der Waals surface area contributed by atoms with Crippen molar-refractivity contribution in [3.63, 3.8) is 0 Å². The van der Waals surface area contributed by atoms with Crippen LogP contribution in [0.25, 0.3) is 0 Å². The molecule has 0 aromatic carbocycles. The lowest BCUT2D eigenvalue weighted by Gasteiger charge is -1.85. The Labute approximate surface area is 59.8 Å². The van der Waals surface area contributed by atoms with Crippen LogP contribution in [-0.4, -0.2) is 4.98 Å². The Morgan fingerprint density at radius 1 is 1.67 bits per heavy atom. The van der Waals surface area contributed by atoms with Crippen molar-refractivity contribution in [3.05, 3.63) is 16.1 Å². The van der Waals surface area contributed by atoms with E-state index in [9.17, 15) is 0 Å². The van der Waals surface area contributed by atoms with Gasteiger partial charge < -0.3 is 0 Å². The van der Waals surface area contributed by atoms with Crippen LogP contribution < -0.4 is 0 Å². The van der Waals surface area contributed by atoms with Gasteiger partial charge in [-0.2, -0.15) is 0 Å². The maximum Gasteiger partial charge on any atom is 0.0897 e. The number of aryl methyl sites for hydroxylation is 2. The molecular formula is C7H11NS. The van der Waals surface area contributed by atoms with Gasteiger partial charge in [0, 0.05) is 5.38 Å². The molecule has 0 fully saturated rings. The lowest BCUT2D eigenvalue weighted by Crippen LogP contribution is -1.81. The molecule has 0 aliphatic heterocycles. The lowest BCUT2D eigenvalue weighted by atomic mass is 10.3. The summed E-state index contributed by atoms with van der Waals surface area (Å²) < 4.78 is 0. The summed E-state index contributed by atoms with van der Waals surface area (Å²) in [7, 11) is 0. The van der Waals surface area contributed by atoms with Crippen LogP contribution in [0.15, 0.2) is 5.38 Å². The molecule has 0 aliphatic carbocycles. The Morgan fingerprint density at radius 3 is 2.89 bits per heavy atom. The Balaban J connectivity index is 2.61. The van der Waals surface area contributed by atoms with E-state index in [-0.39, 0.29) is 0 Å². The highest BCUT2D eigenvalue weighted by Crippen LogP contribution is 2.08. The summed E-state index contributed by atoms with van der Waals surface area (Å²) in [5.41, 5.74) is 1.25. The summed E-state index contributed by atoms with van der Waals surface area (Å²) in [6.07, 6.45) is 2.33. The van der Waals surface area contributed by atoms with E-state index >= 15 is 0 Å². The second-order valence-electron chi connectivity index (χ2n) is 2.11. The number of rotatable bonds is 2. The minimum atomic E-state index is 1.13. The van der Waals surface area contributed by atoms with Gasteiger partial charge in [0.1, 0.15) is 0 Å². The molecule has 0 amide bonds. The van der Waals surface area contributed by atoms with Crippen molar-refractivity contribution in [3.8, 4) is 0 Å². The van der Waals surface area contributed by atoms with E-state index in [0.29, 0.717) is 0 Å². The van der Waals surface area contributed by atoms with Crippen LogP contribution in [0, 0.1) is 6.92 Å². The number of nitrogens with zero attached hydrogens (tertiary/aromatic N) is 1. The Morgan fingerprint density at radius 2 is 2.44 bits per heavy atom. The number of hydrogen-bond acceptors (Lipinski definition) is 2. The molecule has 1 nitrogen and oxygen atoms in total. The maximum absolute atomic E-state index is 4.32. The minimum Gasteiger partial charge on any atom is -0.247 e. The zero-order valence-corrected chi connectivity index (χ0v) is 6.66. The summed E-state index contributed by atoms with van der Waals surface area (Å²) >= 11 is 1.73. The second kappa shape index (κ2) is 2.97. The lowest BCUT2D eigenvalue weighted by molar-refractivity contribution is 0.888. The summed E-state index contributed by atoms with van der Waals surface area (Å²) in [6.45, 7) is 4.22. The normalized spacial score (nSPS) is 10.0. The van der Waals surface area contributed by atoms with Gasteiger partial charge in [-0.1, -0.05) is 13.3 Å². The van der Waals surface area contributed by atoms with E-state index in [1.807, 2.05) is 6.92 Å². The first kappa shape index (κ1) is 6.75. The van der Waals surface area contributed by atoms with Crippen molar-refractivity contribution in [2.75, 3.05) is 0 Å². The second-order valence-corrected chi connectivity index (χ2v) is 3.17. The average Bonchev–Trinajstić information content (AvgIpc) is 2.17. The van der Waals surface area contributed by atoms with Crippen molar-refractivity contribution < 1.29 is 0 Å². The third-order valence-corrected chi connectivity index (χ3v) is 2.00. The fourth-order valence-electron chi connectivity index (χ4n) is 0.779. The third-order valence-electron chi connectivity index (χ3n) is 1.17. The summed E-state index contributed by atoms with van der Waals surface area (Å²) in [4.78, 5) is 4.32. The zero-order valence-electron chi connectivity index (χ0n) is 5.85. The topological polar surface area (TPSA) is 12.9 Å². The van der Waals surface area contributed by atoms with E-state index < -0.39 is 0 Å². The van der Waals surface area contributed by atoms with E-state index in [1.54, 1.807) is 11.3 Å². The molecule has 1 rings (SSSR count).